The molecule has 2 aromatic carbocycles. The number of carbonyl (C=O) groups excluding carboxylic acids is 1. The van der Waals surface area contributed by atoms with Gasteiger partial charge in [-0.25, -0.2) is 0 Å². The molecule has 4 heteroatoms. The number of ether oxygens (including phenoxy) is 1. The van der Waals surface area contributed by atoms with E-state index in [9.17, 15) is 4.79 Å². The molecule has 104 valence electrons. The highest BCUT2D eigenvalue weighted by Gasteiger charge is 2.16. The number of hydrogen-bond acceptors (Lipinski definition) is 3. The Morgan fingerprint density at radius 1 is 1.20 bits per heavy atom. The smallest absolute Gasteiger partial charge is 0.245 e. The monoisotopic (exact) mass is 270 g/mol. The normalized spacial score (nSPS) is 11.8. The molecule has 0 heterocycles. The van der Waals surface area contributed by atoms with Gasteiger partial charge in [0.2, 0.25) is 5.91 Å². The van der Waals surface area contributed by atoms with Crippen molar-refractivity contribution < 1.29 is 9.53 Å². The van der Waals surface area contributed by atoms with E-state index >= 15 is 0 Å². The first-order valence-electron chi connectivity index (χ1n) is 6.38. The molecule has 0 spiro atoms. The molecular formula is C16H18N2O2. The minimum absolute atomic E-state index is 0.232. The highest BCUT2D eigenvalue weighted by Crippen LogP contribution is 2.22. The summed E-state index contributed by atoms with van der Waals surface area (Å²) in [6, 6.07) is 14.1. The van der Waals surface area contributed by atoms with Gasteiger partial charge in [0.25, 0.3) is 0 Å². The molecule has 1 amide bonds. The highest BCUT2D eigenvalue weighted by atomic mass is 16.5. The number of rotatable bonds is 4. The molecule has 0 aliphatic rings. The maximum Gasteiger partial charge on any atom is 0.245 e. The molecule has 0 bridgehead atoms. The summed E-state index contributed by atoms with van der Waals surface area (Å²) in [5.41, 5.74) is 8.41. The molecule has 2 aromatic rings. The summed E-state index contributed by atoms with van der Waals surface area (Å²) in [5, 5.41) is 2.84. The predicted octanol–water partition coefficient (Wildman–Crippen LogP) is 2.64. The average Bonchev–Trinajstić information content (AvgIpc) is 2.49. The molecule has 2 rings (SSSR count). The summed E-state index contributed by atoms with van der Waals surface area (Å²) in [4.78, 5) is 12.2. The third kappa shape index (κ3) is 3.16. The SMILES string of the molecule is COc1ccc(NC(=O)C(N)c2ccccc2)c(C)c1. The summed E-state index contributed by atoms with van der Waals surface area (Å²) >= 11 is 0. The quantitative estimate of drug-likeness (QED) is 0.897. The van der Waals surface area contributed by atoms with Gasteiger partial charge in [0.15, 0.2) is 0 Å². The first kappa shape index (κ1) is 14.1. The van der Waals surface area contributed by atoms with Crippen LogP contribution >= 0.6 is 0 Å². The number of benzene rings is 2. The molecule has 0 aromatic heterocycles. The third-order valence-corrected chi connectivity index (χ3v) is 3.13. The number of carbonyl (C=O) groups is 1. The van der Waals surface area contributed by atoms with Crippen LogP contribution in [0.15, 0.2) is 48.5 Å². The Hall–Kier alpha value is -2.33. The zero-order valence-electron chi connectivity index (χ0n) is 11.6. The summed E-state index contributed by atoms with van der Waals surface area (Å²) in [5.74, 6) is 0.525. The zero-order chi connectivity index (χ0) is 14.5. The van der Waals surface area contributed by atoms with Gasteiger partial charge in [-0.3, -0.25) is 4.79 Å². The van der Waals surface area contributed by atoms with Gasteiger partial charge in [0.05, 0.1) is 7.11 Å². The van der Waals surface area contributed by atoms with Crippen LogP contribution < -0.4 is 15.8 Å². The van der Waals surface area contributed by atoms with E-state index in [1.165, 1.54) is 0 Å². The molecule has 1 unspecified atom stereocenters. The van der Waals surface area contributed by atoms with Crippen molar-refractivity contribution in [1.29, 1.82) is 0 Å². The molecule has 4 nitrogen and oxygen atoms in total. The van der Waals surface area contributed by atoms with Crippen molar-refractivity contribution in [2.75, 3.05) is 12.4 Å². The third-order valence-electron chi connectivity index (χ3n) is 3.13. The second kappa shape index (κ2) is 6.21. The summed E-state index contributed by atoms with van der Waals surface area (Å²) < 4.78 is 5.13. The van der Waals surface area contributed by atoms with E-state index in [0.717, 1.165) is 22.6 Å². The first-order valence-corrected chi connectivity index (χ1v) is 6.38. The number of anilines is 1. The fourth-order valence-electron chi connectivity index (χ4n) is 1.93. The number of hydrogen-bond donors (Lipinski definition) is 2. The van der Waals surface area contributed by atoms with Crippen LogP contribution in [0.1, 0.15) is 17.2 Å². The molecule has 0 aliphatic carbocycles. The van der Waals surface area contributed by atoms with Crippen LogP contribution in [0.5, 0.6) is 5.75 Å². The lowest BCUT2D eigenvalue weighted by Crippen LogP contribution is -2.27. The van der Waals surface area contributed by atoms with Crippen molar-refractivity contribution in [2.45, 2.75) is 13.0 Å². The molecule has 0 saturated heterocycles. The van der Waals surface area contributed by atoms with Crippen LogP contribution in [-0.4, -0.2) is 13.0 Å². The molecule has 20 heavy (non-hydrogen) atoms. The van der Waals surface area contributed by atoms with E-state index in [2.05, 4.69) is 5.32 Å². The molecule has 1 atom stereocenters. The van der Waals surface area contributed by atoms with Gasteiger partial charge in [-0.15, -0.1) is 0 Å². The Kier molecular flexibility index (Phi) is 4.38. The largest absolute Gasteiger partial charge is 0.497 e. The minimum atomic E-state index is -0.683. The van der Waals surface area contributed by atoms with Crippen molar-refractivity contribution in [3.8, 4) is 5.75 Å². The topological polar surface area (TPSA) is 64.3 Å². The van der Waals surface area contributed by atoms with Crippen LogP contribution in [0.2, 0.25) is 0 Å². The summed E-state index contributed by atoms with van der Waals surface area (Å²) in [6.45, 7) is 1.91. The lowest BCUT2D eigenvalue weighted by molar-refractivity contribution is -0.117. The molecule has 0 fully saturated rings. The zero-order valence-corrected chi connectivity index (χ0v) is 11.6. The Morgan fingerprint density at radius 2 is 1.90 bits per heavy atom. The number of amides is 1. The molecule has 0 radical (unpaired) electrons. The van der Waals surface area contributed by atoms with Crippen LogP contribution in [0, 0.1) is 6.92 Å². The van der Waals surface area contributed by atoms with Crippen molar-refractivity contribution in [3.05, 3.63) is 59.7 Å². The fraction of sp³-hybridized carbons (Fsp3) is 0.188. The number of methoxy groups -OCH3 is 1. The maximum absolute atomic E-state index is 12.2. The number of nitrogens with one attached hydrogen (secondary N) is 1. The van der Waals surface area contributed by atoms with Crippen molar-refractivity contribution in [1.82, 2.24) is 0 Å². The van der Waals surface area contributed by atoms with Crippen LogP contribution in [0.4, 0.5) is 5.69 Å². The van der Waals surface area contributed by atoms with Crippen molar-refractivity contribution in [2.24, 2.45) is 5.73 Å². The minimum Gasteiger partial charge on any atom is -0.497 e. The van der Waals surface area contributed by atoms with Gasteiger partial charge >= 0.3 is 0 Å². The molecular weight excluding hydrogens is 252 g/mol. The van der Waals surface area contributed by atoms with E-state index < -0.39 is 6.04 Å². The second-order valence-electron chi connectivity index (χ2n) is 4.56. The number of nitrogens with two attached hydrogens (primary N) is 1. The molecule has 0 aliphatic heterocycles. The highest BCUT2D eigenvalue weighted by molar-refractivity contribution is 5.96. The van der Waals surface area contributed by atoms with Crippen LogP contribution in [0.25, 0.3) is 0 Å². The van der Waals surface area contributed by atoms with E-state index in [1.807, 2.05) is 49.4 Å². The summed E-state index contributed by atoms with van der Waals surface area (Å²) in [6.07, 6.45) is 0. The average molecular weight is 270 g/mol. The molecule has 0 saturated carbocycles. The van der Waals surface area contributed by atoms with Gasteiger partial charge in [-0.2, -0.15) is 0 Å². The predicted molar refractivity (Wildman–Crippen MR) is 79.7 cm³/mol. The Bertz CT molecular complexity index is 597. The van der Waals surface area contributed by atoms with Crippen molar-refractivity contribution >= 4 is 11.6 Å². The van der Waals surface area contributed by atoms with Gasteiger partial charge in [0, 0.05) is 5.69 Å². The van der Waals surface area contributed by atoms with E-state index in [4.69, 9.17) is 10.5 Å². The Labute approximate surface area is 118 Å². The van der Waals surface area contributed by atoms with Gasteiger partial charge < -0.3 is 15.8 Å². The van der Waals surface area contributed by atoms with Gasteiger partial charge in [-0.05, 0) is 36.2 Å². The maximum atomic E-state index is 12.2. The van der Waals surface area contributed by atoms with Crippen molar-refractivity contribution in [3.63, 3.8) is 0 Å². The van der Waals surface area contributed by atoms with Gasteiger partial charge in [-0.1, -0.05) is 30.3 Å². The Morgan fingerprint density at radius 3 is 2.50 bits per heavy atom. The Balaban J connectivity index is 2.12. The summed E-state index contributed by atoms with van der Waals surface area (Å²) in [7, 11) is 1.61. The van der Waals surface area contributed by atoms with Crippen LogP contribution in [0.3, 0.4) is 0 Å². The van der Waals surface area contributed by atoms with Crippen LogP contribution in [-0.2, 0) is 4.79 Å². The van der Waals surface area contributed by atoms with Gasteiger partial charge in [0.1, 0.15) is 11.8 Å². The lowest BCUT2D eigenvalue weighted by Gasteiger charge is -2.14. The number of aryl methyl sites for hydroxylation is 1. The molecule has 3 N–H and O–H groups in total. The second-order valence-corrected chi connectivity index (χ2v) is 4.56. The van der Waals surface area contributed by atoms with E-state index in [0.29, 0.717) is 0 Å². The fourth-order valence-corrected chi connectivity index (χ4v) is 1.93. The van der Waals surface area contributed by atoms with E-state index in [-0.39, 0.29) is 5.91 Å². The first-order chi connectivity index (χ1) is 9.61. The van der Waals surface area contributed by atoms with E-state index in [1.54, 1.807) is 13.2 Å². The standard InChI is InChI=1S/C16H18N2O2/c1-11-10-13(20-2)8-9-14(11)18-16(19)15(17)12-6-4-3-5-7-12/h3-10,15H,17H2,1-2H3,(H,18,19). The lowest BCUT2D eigenvalue weighted by atomic mass is 10.1.